The molecule has 4 aromatic rings. The second-order valence-electron chi connectivity index (χ2n) is 12.0. The number of rotatable bonds is 6. The van der Waals surface area contributed by atoms with Crippen molar-refractivity contribution >= 4 is 35.7 Å². The number of anilines is 1. The van der Waals surface area contributed by atoms with E-state index in [1.165, 1.54) is 6.20 Å². The van der Waals surface area contributed by atoms with Crippen LogP contribution in [0.1, 0.15) is 98.6 Å². The summed E-state index contributed by atoms with van der Waals surface area (Å²) in [5, 5.41) is 16.8. The van der Waals surface area contributed by atoms with Crippen molar-refractivity contribution in [3.05, 3.63) is 126 Å². The first-order valence-electron chi connectivity index (χ1n) is 16.7. The summed E-state index contributed by atoms with van der Waals surface area (Å²) in [6, 6.07) is 23.3. The van der Waals surface area contributed by atoms with E-state index in [-0.39, 0.29) is 18.4 Å². The lowest BCUT2D eigenvalue weighted by Crippen LogP contribution is -2.49. The molecule has 1 aromatic heterocycles. The number of imide groups is 2. The fourth-order valence-electron chi connectivity index (χ4n) is 4.93. The van der Waals surface area contributed by atoms with Crippen molar-refractivity contribution in [3.8, 4) is 5.75 Å². The minimum Gasteiger partial charge on any atom is -0.507 e. The quantitative estimate of drug-likeness (QED) is 0.123. The van der Waals surface area contributed by atoms with Crippen molar-refractivity contribution in [1.82, 2.24) is 20.2 Å². The molecule has 4 N–H and O–H groups in total. The molecular formula is C39H46N6O6. The Morgan fingerprint density at radius 3 is 2.06 bits per heavy atom. The van der Waals surface area contributed by atoms with Crippen molar-refractivity contribution < 1.29 is 29.0 Å². The number of hydrogen-bond donors (Lipinski definition) is 4. The number of amides is 4. The van der Waals surface area contributed by atoms with Gasteiger partial charge in [0, 0.05) is 29.9 Å². The number of nitrogens with zero attached hydrogens (tertiary/aromatic N) is 3. The molecular weight excluding hydrogens is 648 g/mol. The Morgan fingerprint density at radius 2 is 1.47 bits per heavy atom. The molecule has 51 heavy (non-hydrogen) atoms. The standard InChI is InChI=1S/C14H16N2O2.C12H18O.C9H8N2.C4H4N2O3/c1-3-18-14(17)13-9-15-10-16(13)11(2)12-7-5-4-6-8-12;1-8(2)10-6-5-7-11(9(3)4)12(10)13;1-2-4-9-8(3-1)7-10-5-6-11-9;7-2-1-3(8)6-4(9)5-2/h4-11H,3H2,1-2H3;5-9,13H,1-4H3;1-7,11H;1H2,(H2,5,6,7,8,9). The summed E-state index contributed by atoms with van der Waals surface area (Å²) in [6.45, 7) is 12.6. The summed E-state index contributed by atoms with van der Waals surface area (Å²) in [5.41, 5.74) is 5.93. The van der Waals surface area contributed by atoms with Gasteiger partial charge in [0.05, 0.1) is 25.2 Å². The third kappa shape index (κ3) is 12.1. The topological polar surface area (TPSA) is 164 Å². The minimum absolute atomic E-state index is 0.0492. The van der Waals surface area contributed by atoms with Crippen LogP contribution >= 0.6 is 0 Å². The number of benzene rings is 3. The van der Waals surface area contributed by atoms with Gasteiger partial charge in [-0.25, -0.2) is 14.6 Å². The lowest BCUT2D eigenvalue weighted by Gasteiger charge is -2.16. The van der Waals surface area contributed by atoms with Gasteiger partial charge in [-0.2, -0.15) is 0 Å². The zero-order valence-corrected chi connectivity index (χ0v) is 29.8. The first kappa shape index (κ1) is 39.4. The van der Waals surface area contributed by atoms with Crippen molar-refractivity contribution in [2.45, 2.75) is 65.8 Å². The number of hydrogen-bond acceptors (Lipinski definition) is 9. The molecule has 0 saturated carbocycles. The number of urea groups is 1. The highest BCUT2D eigenvalue weighted by Gasteiger charge is 2.20. The normalized spacial score (nSPS) is 13.4. The molecule has 12 nitrogen and oxygen atoms in total. The zero-order valence-electron chi connectivity index (χ0n) is 29.8. The van der Waals surface area contributed by atoms with E-state index < -0.39 is 17.8 Å². The zero-order chi connectivity index (χ0) is 37.3. The molecule has 3 aromatic carbocycles. The summed E-state index contributed by atoms with van der Waals surface area (Å²) < 4.78 is 6.84. The number of esters is 1. The molecule has 1 saturated heterocycles. The number of imidazole rings is 1. The lowest BCUT2D eigenvalue weighted by atomic mass is 9.94. The van der Waals surface area contributed by atoms with Gasteiger partial charge < -0.3 is 19.7 Å². The molecule has 1 atom stereocenters. The van der Waals surface area contributed by atoms with Gasteiger partial charge in [-0.1, -0.05) is 94.4 Å². The SMILES string of the molecule is C1=CNc2ccccc2C=N1.CC(C)c1cccc(C(C)C)c1O.CCOC(=O)c1cncn1C(C)c1ccccc1.O=C1CC(=O)NC(=O)N1. The molecule has 2 aliphatic heterocycles. The molecule has 268 valence electrons. The molecule has 0 bridgehead atoms. The average molecular weight is 695 g/mol. The Labute approximate surface area is 298 Å². The molecule has 0 radical (unpaired) electrons. The van der Waals surface area contributed by atoms with E-state index in [0.717, 1.165) is 27.9 Å². The third-order valence-corrected chi connectivity index (χ3v) is 7.59. The van der Waals surface area contributed by atoms with E-state index >= 15 is 0 Å². The first-order valence-corrected chi connectivity index (χ1v) is 16.7. The van der Waals surface area contributed by atoms with Crippen LogP contribution in [0.3, 0.4) is 0 Å². The Balaban J connectivity index is 0.000000190. The molecule has 6 rings (SSSR count). The van der Waals surface area contributed by atoms with Crippen LogP contribution in [-0.4, -0.2) is 51.3 Å². The molecule has 3 heterocycles. The summed E-state index contributed by atoms with van der Waals surface area (Å²) in [4.78, 5) is 50.7. The number of ether oxygens (including phenoxy) is 1. The summed E-state index contributed by atoms with van der Waals surface area (Å²) in [6.07, 6.45) is 8.33. The van der Waals surface area contributed by atoms with Crippen LogP contribution in [-0.2, 0) is 14.3 Å². The Hall–Kier alpha value is -6.04. The Kier molecular flexibility index (Phi) is 15.3. The maximum absolute atomic E-state index is 11.8. The van der Waals surface area contributed by atoms with E-state index in [4.69, 9.17) is 4.74 Å². The summed E-state index contributed by atoms with van der Waals surface area (Å²) in [5.74, 6) is -0.185. The van der Waals surface area contributed by atoms with Gasteiger partial charge in [-0.05, 0) is 48.4 Å². The molecule has 0 aliphatic carbocycles. The first-order chi connectivity index (χ1) is 24.4. The number of aromatic hydroxyl groups is 1. The van der Waals surface area contributed by atoms with E-state index in [1.54, 1.807) is 19.5 Å². The smallest absolute Gasteiger partial charge is 0.356 e. The van der Waals surface area contributed by atoms with Crippen LogP contribution in [0.4, 0.5) is 10.5 Å². The number of phenolic OH excluding ortho intramolecular Hbond substituents is 1. The number of barbiturate groups is 1. The lowest BCUT2D eigenvalue weighted by molar-refractivity contribution is -0.129. The number of phenols is 1. The monoisotopic (exact) mass is 694 g/mol. The molecule has 2 aliphatic rings. The van der Waals surface area contributed by atoms with Crippen LogP contribution < -0.4 is 16.0 Å². The second kappa shape index (κ2) is 19.8. The van der Waals surface area contributed by atoms with Gasteiger partial charge in [-0.3, -0.25) is 25.2 Å². The highest BCUT2D eigenvalue weighted by molar-refractivity contribution is 6.14. The van der Waals surface area contributed by atoms with Crippen LogP contribution in [0.2, 0.25) is 0 Å². The van der Waals surface area contributed by atoms with E-state index in [0.29, 0.717) is 29.9 Å². The van der Waals surface area contributed by atoms with Gasteiger partial charge in [0.25, 0.3) is 0 Å². The molecule has 4 amide bonds. The van der Waals surface area contributed by atoms with Crippen LogP contribution in [0.5, 0.6) is 5.75 Å². The fraction of sp³-hybridized carbons (Fsp3) is 0.282. The maximum Gasteiger partial charge on any atom is 0.356 e. The van der Waals surface area contributed by atoms with Crippen molar-refractivity contribution in [2.75, 3.05) is 11.9 Å². The van der Waals surface area contributed by atoms with Gasteiger partial charge >= 0.3 is 12.0 Å². The predicted octanol–water partition coefficient (Wildman–Crippen LogP) is 7.05. The highest BCUT2D eigenvalue weighted by atomic mass is 16.5. The molecule has 0 spiro atoms. The minimum atomic E-state index is -0.740. The number of carbonyl (C=O) groups excluding carboxylic acids is 4. The number of carbonyl (C=O) groups is 4. The number of nitrogens with one attached hydrogen (secondary N) is 3. The molecule has 1 unspecified atom stereocenters. The number of fused-ring (bicyclic) bond motifs is 1. The van der Waals surface area contributed by atoms with E-state index in [1.807, 2.05) is 107 Å². The largest absolute Gasteiger partial charge is 0.507 e. The predicted molar refractivity (Wildman–Crippen MR) is 198 cm³/mol. The van der Waals surface area contributed by atoms with Crippen LogP contribution in [0.25, 0.3) is 0 Å². The van der Waals surface area contributed by atoms with Gasteiger partial charge in [-0.15, -0.1) is 0 Å². The van der Waals surface area contributed by atoms with Crippen LogP contribution in [0, 0.1) is 0 Å². The van der Waals surface area contributed by atoms with Gasteiger partial charge in [0.2, 0.25) is 11.8 Å². The van der Waals surface area contributed by atoms with Crippen molar-refractivity contribution in [1.29, 1.82) is 0 Å². The molecule has 1 fully saturated rings. The average Bonchev–Trinajstić information content (AvgIpc) is 3.47. The molecule has 12 heteroatoms. The highest BCUT2D eigenvalue weighted by Crippen LogP contribution is 2.32. The van der Waals surface area contributed by atoms with Crippen molar-refractivity contribution in [2.24, 2.45) is 4.99 Å². The Morgan fingerprint density at radius 1 is 0.863 bits per heavy atom. The van der Waals surface area contributed by atoms with E-state index in [9.17, 15) is 24.3 Å². The van der Waals surface area contributed by atoms with Crippen molar-refractivity contribution in [3.63, 3.8) is 0 Å². The van der Waals surface area contributed by atoms with E-state index in [2.05, 4.69) is 43.0 Å². The fourth-order valence-corrected chi connectivity index (χ4v) is 4.93. The van der Waals surface area contributed by atoms with Gasteiger partial charge in [0.15, 0.2) is 0 Å². The summed E-state index contributed by atoms with van der Waals surface area (Å²) in [7, 11) is 0. The van der Waals surface area contributed by atoms with Gasteiger partial charge in [0.1, 0.15) is 17.9 Å². The second-order valence-corrected chi connectivity index (χ2v) is 12.0. The number of para-hydroxylation sites is 2. The summed E-state index contributed by atoms with van der Waals surface area (Å²) >= 11 is 0. The van der Waals surface area contributed by atoms with Crippen LogP contribution in [0.15, 0.2) is 103 Å². The maximum atomic E-state index is 11.8. The number of aliphatic imine (C=N–C) groups is 1. The number of aromatic nitrogens is 2. The Bertz CT molecular complexity index is 1760. The third-order valence-electron chi connectivity index (χ3n) is 7.59.